The van der Waals surface area contributed by atoms with Gasteiger partial charge >= 0.3 is 0 Å². The van der Waals surface area contributed by atoms with Gasteiger partial charge in [0, 0.05) is 23.0 Å². The Bertz CT molecular complexity index is 814. The molecule has 1 N–H and O–H groups in total. The number of rotatable bonds is 7. The van der Waals surface area contributed by atoms with Crippen molar-refractivity contribution in [3.63, 3.8) is 0 Å². The van der Waals surface area contributed by atoms with E-state index in [1.165, 1.54) is 19.1 Å². The molecule has 21 heavy (non-hydrogen) atoms. The van der Waals surface area contributed by atoms with Crippen LogP contribution < -0.4 is 4.72 Å². The third kappa shape index (κ3) is 5.55. The Morgan fingerprint density at radius 1 is 1.05 bits per heavy atom. The highest BCUT2D eigenvalue weighted by Crippen LogP contribution is 2.18. The second kappa shape index (κ2) is 6.61. The molecule has 0 aliphatic heterocycles. The highest BCUT2D eigenvalue weighted by atomic mass is 35.7. The maximum absolute atomic E-state index is 11.9. The molecule has 0 unspecified atom stereocenters. The largest absolute Gasteiger partial charge is 0.261 e. The van der Waals surface area contributed by atoms with Crippen molar-refractivity contribution in [2.75, 3.05) is 18.1 Å². The van der Waals surface area contributed by atoms with Crippen LogP contribution in [-0.2, 0) is 28.9 Å². The van der Waals surface area contributed by atoms with Crippen molar-refractivity contribution in [2.24, 2.45) is 0 Å². The SMILES string of the molecule is CCS(=O)(=O)CCNS(=O)(=O)c1cccc(S(=O)(=O)Cl)c1. The van der Waals surface area contributed by atoms with E-state index >= 15 is 0 Å². The number of sulfone groups is 1. The summed E-state index contributed by atoms with van der Waals surface area (Å²) in [6.07, 6.45) is 0. The van der Waals surface area contributed by atoms with Crippen LogP contribution in [0.3, 0.4) is 0 Å². The first-order chi connectivity index (χ1) is 9.48. The van der Waals surface area contributed by atoms with Crippen LogP contribution in [0.25, 0.3) is 0 Å². The highest BCUT2D eigenvalue weighted by molar-refractivity contribution is 8.13. The molecule has 120 valence electrons. The molecule has 0 saturated carbocycles. The zero-order valence-electron chi connectivity index (χ0n) is 11.0. The van der Waals surface area contributed by atoms with E-state index in [9.17, 15) is 25.3 Å². The Balaban J connectivity index is 2.94. The molecule has 0 aliphatic rings. The summed E-state index contributed by atoms with van der Waals surface area (Å²) in [5.41, 5.74) is 0. The average Bonchev–Trinajstić information content (AvgIpc) is 2.37. The van der Waals surface area contributed by atoms with Gasteiger partial charge in [0.15, 0.2) is 9.84 Å². The second-order valence-electron chi connectivity index (χ2n) is 4.05. The highest BCUT2D eigenvalue weighted by Gasteiger charge is 2.18. The molecule has 11 heteroatoms. The molecular weight excluding hydrogens is 362 g/mol. The maximum Gasteiger partial charge on any atom is 0.261 e. The number of hydrogen-bond donors (Lipinski definition) is 1. The van der Waals surface area contributed by atoms with Crippen LogP contribution in [-0.4, -0.2) is 43.3 Å². The maximum atomic E-state index is 11.9. The van der Waals surface area contributed by atoms with E-state index in [0.29, 0.717) is 0 Å². The zero-order chi connectivity index (χ0) is 16.3. The summed E-state index contributed by atoms with van der Waals surface area (Å²) in [7, 11) is -6.22. The van der Waals surface area contributed by atoms with Gasteiger partial charge in [0.2, 0.25) is 10.0 Å². The summed E-state index contributed by atoms with van der Waals surface area (Å²) >= 11 is 0. The summed E-state index contributed by atoms with van der Waals surface area (Å²) in [5, 5.41) is 0. The van der Waals surface area contributed by atoms with E-state index in [1.54, 1.807) is 0 Å². The standard InChI is InChI=1S/C10H14ClNO6S3/c1-2-19(13,14)7-6-12-21(17,18)10-5-3-4-9(8-10)20(11,15)16/h3-5,8,12H,2,6-7H2,1H3. The predicted octanol–water partition coefficient (Wildman–Crippen LogP) is 0.327. The Kier molecular flexibility index (Phi) is 5.78. The Morgan fingerprint density at radius 3 is 2.14 bits per heavy atom. The first kappa shape index (κ1) is 18.4. The topological polar surface area (TPSA) is 114 Å². The molecule has 0 radical (unpaired) electrons. The molecule has 0 bridgehead atoms. The molecule has 0 aromatic heterocycles. The van der Waals surface area contributed by atoms with Crippen molar-refractivity contribution in [3.05, 3.63) is 24.3 Å². The third-order valence-electron chi connectivity index (χ3n) is 2.54. The number of sulfonamides is 1. The molecular formula is C10H14ClNO6S3. The van der Waals surface area contributed by atoms with E-state index < -0.39 is 28.9 Å². The molecule has 0 fully saturated rings. The first-order valence-corrected chi connectivity index (χ1v) is 11.3. The van der Waals surface area contributed by atoms with E-state index in [0.717, 1.165) is 12.1 Å². The fraction of sp³-hybridized carbons (Fsp3) is 0.400. The Hall–Kier alpha value is -0.680. The van der Waals surface area contributed by atoms with Gasteiger partial charge in [0.05, 0.1) is 15.5 Å². The molecule has 0 spiro atoms. The van der Waals surface area contributed by atoms with Crippen LogP contribution in [0.15, 0.2) is 34.1 Å². The average molecular weight is 376 g/mol. The van der Waals surface area contributed by atoms with Gasteiger partial charge in [0.1, 0.15) is 0 Å². The normalized spacial score (nSPS) is 13.2. The van der Waals surface area contributed by atoms with Crippen molar-refractivity contribution >= 4 is 39.6 Å². The van der Waals surface area contributed by atoms with Gasteiger partial charge in [-0.15, -0.1) is 0 Å². The summed E-state index contributed by atoms with van der Waals surface area (Å²) in [5.74, 6) is -0.426. The molecule has 1 aromatic carbocycles. The minimum atomic E-state index is -4.05. The molecule has 0 heterocycles. The van der Waals surface area contributed by atoms with Gasteiger partial charge in [-0.3, -0.25) is 0 Å². The van der Waals surface area contributed by atoms with Crippen molar-refractivity contribution in [2.45, 2.75) is 16.7 Å². The smallest absolute Gasteiger partial charge is 0.229 e. The quantitative estimate of drug-likeness (QED) is 0.686. The second-order valence-corrected chi connectivity index (χ2v) is 10.9. The van der Waals surface area contributed by atoms with E-state index in [4.69, 9.17) is 10.7 Å². The zero-order valence-corrected chi connectivity index (χ0v) is 14.2. The Morgan fingerprint density at radius 2 is 1.62 bits per heavy atom. The fourth-order valence-corrected chi connectivity index (χ4v) is 4.13. The monoisotopic (exact) mass is 375 g/mol. The number of halogens is 1. The van der Waals surface area contributed by atoms with Gasteiger partial charge < -0.3 is 0 Å². The van der Waals surface area contributed by atoms with Gasteiger partial charge in [0.25, 0.3) is 9.05 Å². The van der Waals surface area contributed by atoms with Crippen LogP contribution in [0.5, 0.6) is 0 Å². The molecule has 0 atom stereocenters. The molecule has 0 saturated heterocycles. The molecule has 0 aliphatic carbocycles. The minimum Gasteiger partial charge on any atom is -0.229 e. The molecule has 1 aromatic rings. The van der Waals surface area contributed by atoms with Gasteiger partial charge in [-0.05, 0) is 18.2 Å². The van der Waals surface area contributed by atoms with E-state index in [-0.39, 0.29) is 27.8 Å². The van der Waals surface area contributed by atoms with Crippen LogP contribution in [0, 0.1) is 0 Å². The van der Waals surface area contributed by atoms with Gasteiger partial charge in [-0.1, -0.05) is 13.0 Å². The number of nitrogens with one attached hydrogen (secondary N) is 1. The van der Waals surface area contributed by atoms with Crippen LogP contribution in [0.4, 0.5) is 0 Å². The van der Waals surface area contributed by atoms with Crippen molar-refractivity contribution in [1.29, 1.82) is 0 Å². The van der Waals surface area contributed by atoms with E-state index in [2.05, 4.69) is 4.72 Å². The van der Waals surface area contributed by atoms with Crippen LogP contribution >= 0.6 is 10.7 Å². The van der Waals surface area contributed by atoms with E-state index in [1.807, 2.05) is 0 Å². The summed E-state index contributed by atoms with van der Waals surface area (Å²) in [6.45, 7) is 1.16. The first-order valence-electron chi connectivity index (χ1n) is 5.73. The lowest BCUT2D eigenvalue weighted by atomic mass is 10.4. The lowest BCUT2D eigenvalue weighted by Crippen LogP contribution is -2.29. The molecule has 0 amide bonds. The Labute approximate surface area is 128 Å². The lowest BCUT2D eigenvalue weighted by Gasteiger charge is -2.07. The lowest BCUT2D eigenvalue weighted by molar-refractivity contribution is 0.581. The van der Waals surface area contributed by atoms with Crippen molar-refractivity contribution < 1.29 is 25.3 Å². The van der Waals surface area contributed by atoms with Crippen molar-refractivity contribution in [1.82, 2.24) is 4.72 Å². The number of hydrogen-bond acceptors (Lipinski definition) is 6. The molecule has 7 nitrogen and oxygen atoms in total. The predicted molar refractivity (Wildman–Crippen MR) is 79.0 cm³/mol. The summed E-state index contributed by atoms with van der Waals surface area (Å²) < 4.78 is 70.9. The van der Waals surface area contributed by atoms with Crippen LogP contribution in [0.2, 0.25) is 0 Å². The minimum absolute atomic E-state index is 0.0886. The fourth-order valence-electron chi connectivity index (χ4n) is 1.35. The molecule has 1 rings (SSSR count). The van der Waals surface area contributed by atoms with Crippen LogP contribution in [0.1, 0.15) is 6.92 Å². The van der Waals surface area contributed by atoms with Crippen molar-refractivity contribution in [3.8, 4) is 0 Å². The van der Waals surface area contributed by atoms with Gasteiger partial charge in [-0.2, -0.15) is 0 Å². The summed E-state index contributed by atoms with van der Waals surface area (Å²) in [4.78, 5) is -0.661. The number of benzene rings is 1. The summed E-state index contributed by atoms with van der Waals surface area (Å²) in [6, 6.07) is 4.47. The third-order valence-corrected chi connectivity index (χ3v) is 7.06. The van der Waals surface area contributed by atoms with Gasteiger partial charge in [-0.25, -0.2) is 30.0 Å².